The van der Waals surface area contributed by atoms with E-state index in [-0.39, 0.29) is 25.2 Å². The van der Waals surface area contributed by atoms with Crippen LogP contribution in [0, 0.1) is 0 Å². The normalized spacial score (nSPS) is 12.4. The molecule has 0 saturated carbocycles. The van der Waals surface area contributed by atoms with E-state index in [1.54, 1.807) is 0 Å². The van der Waals surface area contributed by atoms with E-state index in [0.717, 1.165) is 57.8 Å². The van der Waals surface area contributed by atoms with Gasteiger partial charge in [0.2, 0.25) is 0 Å². The van der Waals surface area contributed by atoms with Crippen molar-refractivity contribution in [3.63, 3.8) is 0 Å². The second kappa shape index (κ2) is 51.5. The largest absolute Gasteiger partial charge is 0.462 e. The van der Waals surface area contributed by atoms with Crippen molar-refractivity contribution >= 4 is 11.9 Å². The van der Waals surface area contributed by atoms with Crippen molar-refractivity contribution in [1.82, 2.24) is 0 Å². The van der Waals surface area contributed by atoms with Gasteiger partial charge in [-0.3, -0.25) is 9.59 Å². The number of allylic oxidation sites excluding steroid dienone is 6. The van der Waals surface area contributed by atoms with Gasteiger partial charge in [0.1, 0.15) is 6.61 Å². The fourth-order valence-corrected chi connectivity index (χ4v) is 7.69. The Balaban J connectivity index is 4.28. The predicted molar refractivity (Wildman–Crippen MR) is 261 cm³/mol. The van der Waals surface area contributed by atoms with Gasteiger partial charge in [-0.15, -0.1) is 0 Å². The van der Waals surface area contributed by atoms with Crippen molar-refractivity contribution in [2.75, 3.05) is 19.8 Å². The number of ether oxygens (including phenoxy) is 3. The first kappa shape index (κ1) is 58.1. The lowest BCUT2D eigenvalue weighted by atomic mass is 10.0. The summed E-state index contributed by atoms with van der Waals surface area (Å²) in [5, 5.41) is 0. The van der Waals surface area contributed by atoms with Crippen molar-refractivity contribution in [2.24, 2.45) is 0 Å². The first-order valence-electron chi connectivity index (χ1n) is 26.5. The van der Waals surface area contributed by atoms with Gasteiger partial charge in [0.05, 0.1) is 6.61 Å². The molecule has 352 valence electrons. The summed E-state index contributed by atoms with van der Waals surface area (Å²) < 4.78 is 17.4. The van der Waals surface area contributed by atoms with E-state index >= 15 is 0 Å². The van der Waals surface area contributed by atoms with E-state index in [1.165, 1.54) is 186 Å². The molecule has 0 bridgehead atoms. The van der Waals surface area contributed by atoms with Gasteiger partial charge in [-0.05, 0) is 57.8 Å². The lowest BCUT2D eigenvalue weighted by molar-refractivity contribution is -0.163. The van der Waals surface area contributed by atoms with Gasteiger partial charge < -0.3 is 14.2 Å². The number of unbranched alkanes of at least 4 members (excludes halogenated alkanes) is 32. The van der Waals surface area contributed by atoms with Crippen LogP contribution in [0.3, 0.4) is 0 Å². The summed E-state index contributed by atoms with van der Waals surface area (Å²) >= 11 is 0. The Morgan fingerprint density at radius 3 is 1.15 bits per heavy atom. The maximum absolute atomic E-state index is 12.8. The Labute approximate surface area is 374 Å². The molecule has 0 unspecified atom stereocenters. The molecule has 0 spiro atoms. The van der Waals surface area contributed by atoms with Crippen LogP contribution in [0.4, 0.5) is 0 Å². The summed E-state index contributed by atoms with van der Waals surface area (Å²) in [5.41, 5.74) is 0. The van der Waals surface area contributed by atoms with Crippen molar-refractivity contribution in [3.8, 4) is 0 Å². The highest BCUT2D eigenvalue weighted by Crippen LogP contribution is 2.16. The molecule has 1 atom stereocenters. The molecule has 0 aliphatic rings. The molecule has 0 saturated heterocycles. The topological polar surface area (TPSA) is 61.8 Å². The molecule has 0 N–H and O–H groups in total. The first-order chi connectivity index (χ1) is 29.6. The van der Waals surface area contributed by atoms with E-state index in [9.17, 15) is 9.59 Å². The Morgan fingerprint density at radius 1 is 0.367 bits per heavy atom. The molecule has 0 radical (unpaired) electrons. The van der Waals surface area contributed by atoms with Crippen LogP contribution < -0.4 is 0 Å². The van der Waals surface area contributed by atoms with E-state index in [1.807, 2.05) is 0 Å². The molecule has 60 heavy (non-hydrogen) atoms. The van der Waals surface area contributed by atoms with Crippen LogP contribution in [0.15, 0.2) is 36.5 Å². The van der Waals surface area contributed by atoms with Gasteiger partial charge in [0.15, 0.2) is 6.10 Å². The average Bonchev–Trinajstić information content (AvgIpc) is 3.25. The van der Waals surface area contributed by atoms with E-state index in [0.29, 0.717) is 19.4 Å². The van der Waals surface area contributed by atoms with E-state index < -0.39 is 6.10 Å². The lowest BCUT2D eigenvalue weighted by Gasteiger charge is -2.18. The van der Waals surface area contributed by atoms with Gasteiger partial charge >= 0.3 is 11.9 Å². The highest BCUT2D eigenvalue weighted by Gasteiger charge is 2.17. The molecule has 0 aliphatic heterocycles. The predicted octanol–water partition coefficient (Wildman–Crippen LogP) is 17.8. The molecule has 0 fully saturated rings. The van der Waals surface area contributed by atoms with Crippen LogP contribution in [0.1, 0.15) is 278 Å². The molecule has 0 aromatic heterocycles. The summed E-state index contributed by atoms with van der Waals surface area (Å²) in [6.45, 7) is 7.81. The quantitative estimate of drug-likeness (QED) is 0.0347. The van der Waals surface area contributed by atoms with Crippen molar-refractivity contribution in [1.29, 1.82) is 0 Å². The molecule has 0 aromatic rings. The smallest absolute Gasteiger partial charge is 0.306 e. The third-order valence-corrected chi connectivity index (χ3v) is 11.7. The monoisotopic (exact) mass is 843 g/mol. The molecule has 0 heterocycles. The standard InChI is InChI=1S/C55H102O5/c1-4-7-10-13-16-19-22-25-27-29-32-35-38-41-44-47-50-58-51-53(52-59-54(56)48-45-42-39-36-33-30-24-21-18-15-12-9-6-3)60-55(57)49-46-43-40-37-34-31-28-26-23-20-17-14-11-8-5-2/h17,20,26,28,34,37,53H,4-16,18-19,21-25,27,29-33,35-36,38-52H2,1-3H3/b20-17-,28-26-,37-34-/t53-/m1/s1. The van der Waals surface area contributed by atoms with Crippen LogP contribution in [0.5, 0.6) is 0 Å². The summed E-state index contributed by atoms with van der Waals surface area (Å²) in [6.07, 6.45) is 61.5. The average molecular weight is 843 g/mol. The van der Waals surface area contributed by atoms with Gasteiger partial charge in [0, 0.05) is 19.4 Å². The lowest BCUT2D eigenvalue weighted by Crippen LogP contribution is -2.30. The minimum atomic E-state index is -0.549. The molecular weight excluding hydrogens is 741 g/mol. The van der Waals surface area contributed by atoms with Crippen molar-refractivity contribution in [3.05, 3.63) is 36.5 Å². The van der Waals surface area contributed by atoms with Crippen LogP contribution in [0.25, 0.3) is 0 Å². The van der Waals surface area contributed by atoms with Crippen LogP contribution >= 0.6 is 0 Å². The number of hydrogen-bond donors (Lipinski definition) is 0. The maximum atomic E-state index is 12.8. The second-order valence-electron chi connectivity index (χ2n) is 17.8. The molecule has 0 amide bonds. The summed E-state index contributed by atoms with van der Waals surface area (Å²) in [6, 6.07) is 0. The fraction of sp³-hybridized carbons (Fsp3) is 0.855. The molecular formula is C55H102O5. The number of hydrogen-bond acceptors (Lipinski definition) is 5. The molecule has 5 nitrogen and oxygen atoms in total. The highest BCUT2D eigenvalue weighted by molar-refractivity contribution is 5.70. The zero-order chi connectivity index (χ0) is 43.5. The number of rotatable bonds is 49. The Morgan fingerprint density at radius 2 is 0.700 bits per heavy atom. The Kier molecular flexibility index (Phi) is 49.9. The zero-order valence-electron chi connectivity index (χ0n) is 40.5. The van der Waals surface area contributed by atoms with Gasteiger partial charge in [0.25, 0.3) is 0 Å². The van der Waals surface area contributed by atoms with E-state index in [2.05, 4.69) is 57.2 Å². The van der Waals surface area contributed by atoms with Gasteiger partial charge in [-0.2, -0.15) is 0 Å². The third-order valence-electron chi connectivity index (χ3n) is 11.7. The number of esters is 2. The van der Waals surface area contributed by atoms with E-state index in [4.69, 9.17) is 14.2 Å². The minimum Gasteiger partial charge on any atom is -0.462 e. The highest BCUT2D eigenvalue weighted by atomic mass is 16.6. The minimum absolute atomic E-state index is 0.0763. The molecule has 0 aromatic carbocycles. The molecule has 0 aliphatic carbocycles. The SMILES string of the molecule is CCCCC/C=C\C/C=C\C/C=C\CCCCC(=O)O[C@H](COCCCCCCCCCCCCCCCCCC)COC(=O)CCCCCCCCCCCCCCC. The summed E-state index contributed by atoms with van der Waals surface area (Å²) in [7, 11) is 0. The molecule has 5 heteroatoms. The summed E-state index contributed by atoms with van der Waals surface area (Å²) in [4.78, 5) is 25.4. The number of carbonyl (C=O) groups is 2. The van der Waals surface area contributed by atoms with Gasteiger partial charge in [-0.25, -0.2) is 0 Å². The Hall–Kier alpha value is -1.88. The maximum Gasteiger partial charge on any atom is 0.306 e. The van der Waals surface area contributed by atoms with Crippen LogP contribution in [0.2, 0.25) is 0 Å². The zero-order valence-corrected chi connectivity index (χ0v) is 40.5. The second-order valence-corrected chi connectivity index (χ2v) is 17.8. The third kappa shape index (κ3) is 48.8. The first-order valence-corrected chi connectivity index (χ1v) is 26.5. The van der Waals surface area contributed by atoms with Crippen molar-refractivity contribution in [2.45, 2.75) is 284 Å². The van der Waals surface area contributed by atoms with Crippen molar-refractivity contribution < 1.29 is 23.8 Å². The Bertz CT molecular complexity index is 955. The van der Waals surface area contributed by atoms with Crippen LogP contribution in [-0.2, 0) is 23.8 Å². The number of carbonyl (C=O) groups excluding carboxylic acids is 2. The molecule has 0 rings (SSSR count). The fourth-order valence-electron chi connectivity index (χ4n) is 7.69. The van der Waals surface area contributed by atoms with Crippen LogP contribution in [-0.4, -0.2) is 37.9 Å². The summed E-state index contributed by atoms with van der Waals surface area (Å²) in [5.74, 6) is -0.425. The van der Waals surface area contributed by atoms with Gasteiger partial charge in [-0.1, -0.05) is 243 Å².